The summed E-state index contributed by atoms with van der Waals surface area (Å²) < 4.78 is 4.17. The van der Waals surface area contributed by atoms with E-state index in [2.05, 4.69) is 37.0 Å². The quantitative estimate of drug-likeness (QED) is 0.809. The molecule has 0 aromatic carbocycles. The zero-order valence-electron chi connectivity index (χ0n) is 11.4. The van der Waals surface area contributed by atoms with Crippen molar-refractivity contribution in [2.75, 3.05) is 23.7 Å². The number of nitrogen functional groups attached to an aromatic ring is 1. The summed E-state index contributed by atoms with van der Waals surface area (Å²) >= 11 is 1.51. The highest BCUT2D eigenvalue weighted by molar-refractivity contribution is 7.10. The number of nitrogens with two attached hydrogens (primary N) is 1. The van der Waals surface area contributed by atoms with Crippen molar-refractivity contribution in [1.29, 1.82) is 0 Å². The van der Waals surface area contributed by atoms with Crippen LogP contribution in [0, 0.1) is 11.8 Å². The molecule has 0 atom stereocenters. The van der Waals surface area contributed by atoms with Gasteiger partial charge in [0.05, 0.1) is 0 Å². The predicted octanol–water partition coefficient (Wildman–Crippen LogP) is 3.62. The zero-order valence-corrected chi connectivity index (χ0v) is 12.3. The monoisotopic (exact) mass is 255 g/mol. The fraction of sp³-hybridized carbons (Fsp3) is 0.769. The molecule has 1 aromatic rings. The smallest absolute Gasteiger partial charge is 0.139 e. The average molecular weight is 255 g/mol. The highest BCUT2D eigenvalue weighted by atomic mass is 32.1. The second-order valence-electron chi connectivity index (χ2n) is 5.44. The Kier molecular flexibility index (Phi) is 5.75. The summed E-state index contributed by atoms with van der Waals surface area (Å²) in [5.41, 5.74) is 5.70. The molecule has 17 heavy (non-hydrogen) atoms. The lowest BCUT2D eigenvalue weighted by molar-refractivity contribution is 0.537. The molecule has 4 heteroatoms. The molecule has 98 valence electrons. The van der Waals surface area contributed by atoms with E-state index in [-0.39, 0.29) is 0 Å². The molecule has 0 aliphatic rings. The van der Waals surface area contributed by atoms with E-state index in [9.17, 15) is 0 Å². The Bertz CT molecular complexity index is 308. The van der Waals surface area contributed by atoms with Gasteiger partial charge in [0.15, 0.2) is 0 Å². The predicted molar refractivity (Wildman–Crippen MR) is 77.6 cm³/mol. The molecule has 0 unspecified atom stereocenters. The lowest BCUT2D eigenvalue weighted by Gasteiger charge is -2.24. The zero-order chi connectivity index (χ0) is 12.8. The summed E-state index contributed by atoms with van der Waals surface area (Å²) in [6.45, 7) is 11.3. The Morgan fingerprint density at radius 3 is 2.06 bits per heavy atom. The van der Waals surface area contributed by atoms with Crippen molar-refractivity contribution in [3.63, 3.8) is 0 Å². The first kappa shape index (κ1) is 14.3. The van der Waals surface area contributed by atoms with Crippen molar-refractivity contribution < 1.29 is 0 Å². The van der Waals surface area contributed by atoms with Gasteiger partial charge in [-0.2, -0.15) is 4.37 Å². The van der Waals surface area contributed by atoms with Gasteiger partial charge in [-0.05, 0) is 36.2 Å². The second-order valence-corrected chi connectivity index (χ2v) is 6.23. The van der Waals surface area contributed by atoms with Crippen LogP contribution in [0.1, 0.15) is 40.5 Å². The minimum atomic E-state index is 0.643. The van der Waals surface area contributed by atoms with Crippen molar-refractivity contribution in [2.45, 2.75) is 40.5 Å². The summed E-state index contributed by atoms with van der Waals surface area (Å²) in [6, 6.07) is 1.99. The van der Waals surface area contributed by atoms with Crippen molar-refractivity contribution in [2.24, 2.45) is 11.8 Å². The van der Waals surface area contributed by atoms with Gasteiger partial charge >= 0.3 is 0 Å². The van der Waals surface area contributed by atoms with Gasteiger partial charge in [0.1, 0.15) is 10.8 Å². The van der Waals surface area contributed by atoms with Crippen LogP contribution in [0.25, 0.3) is 0 Å². The van der Waals surface area contributed by atoms with Gasteiger partial charge in [0.2, 0.25) is 0 Å². The van der Waals surface area contributed by atoms with E-state index < -0.39 is 0 Å². The maximum absolute atomic E-state index is 5.70. The fourth-order valence-electron chi connectivity index (χ4n) is 1.59. The largest absolute Gasteiger partial charge is 0.383 e. The topological polar surface area (TPSA) is 42.1 Å². The summed E-state index contributed by atoms with van der Waals surface area (Å²) in [5, 5.41) is 1.21. The molecule has 1 heterocycles. The van der Waals surface area contributed by atoms with Crippen LogP contribution in [-0.2, 0) is 0 Å². The van der Waals surface area contributed by atoms with Crippen LogP contribution in [0.3, 0.4) is 0 Å². The van der Waals surface area contributed by atoms with Crippen LogP contribution in [0.2, 0.25) is 0 Å². The molecule has 0 aliphatic heterocycles. The summed E-state index contributed by atoms with van der Waals surface area (Å²) in [6.07, 6.45) is 2.44. The van der Waals surface area contributed by atoms with Gasteiger partial charge in [-0.3, -0.25) is 0 Å². The van der Waals surface area contributed by atoms with Crippen LogP contribution in [0.4, 0.5) is 10.8 Å². The molecule has 0 spiro atoms. The van der Waals surface area contributed by atoms with Gasteiger partial charge in [0.25, 0.3) is 0 Å². The van der Waals surface area contributed by atoms with E-state index in [1.807, 2.05) is 6.07 Å². The molecule has 0 amide bonds. The molecule has 0 saturated heterocycles. The van der Waals surface area contributed by atoms with Crippen LogP contribution in [0.5, 0.6) is 0 Å². The Hall–Kier alpha value is -0.770. The number of hydrogen-bond acceptors (Lipinski definition) is 4. The van der Waals surface area contributed by atoms with Gasteiger partial charge in [-0.25, -0.2) is 0 Å². The van der Waals surface area contributed by atoms with Crippen molar-refractivity contribution in [1.82, 2.24) is 4.37 Å². The average Bonchev–Trinajstić information content (AvgIpc) is 2.64. The number of hydrogen-bond donors (Lipinski definition) is 1. The number of rotatable bonds is 7. The third-order valence-electron chi connectivity index (χ3n) is 2.78. The minimum absolute atomic E-state index is 0.643. The van der Waals surface area contributed by atoms with Crippen molar-refractivity contribution in [3.8, 4) is 0 Å². The summed E-state index contributed by atoms with van der Waals surface area (Å²) in [4.78, 5) is 2.42. The number of aromatic nitrogens is 1. The molecule has 0 bridgehead atoms. The highest BCUT2D eigenvalue weighted by Gasteiger charge is 2.11. The summed E-state index contributed by atoms with van der Waals surface area (Å²) in [7, 11) is 0. The standard InChI is InChI=1S/C13H25N3S/c1-10(2)5-7-16(8-6-11(3)4)13-9-12(14)15-17-13/h9-11H,5-8H2,1-4H3,(H2,14,15). The first-order valence-corrected chi connectivity index (χ1v) is 7.23. The Morgan fingerprint density at radius 1 is 1.18 bits per heavy atom. The van der Waals surface area contributed by atoms with Crippen molar-refractivity contribution >= 4 is 22.4 Å². The van der Waals surface area contributed by atoms with E-state index in [0.717, 1.165) is 24.9 Å². The van der Waals surface area contributed by atoms with Gasteiger partial charge in [-0.1, -0.05) is 27.7 Å². The molecular weight excluding hydrogens is 230 g/mol. The maximum atomic E-state index is 5.70. The van der Waals surface area contributed by atoms with Crippen LogP contribution in [0.15, 0.2) is 6.07 Å². The molecule has 3 nitrogen and oxygen atoms in total. The normalized spacial score (nSPS) is 11.4. The molecule has 0 fully saturated rings. The Labute approximate surface area is 109 Å². The Morgan fingerprint density at radius 2 is 1.71 bits per heavy atom. The molecule has 0 aliphatic carbocycles. The van der Waals surface area contributed by atoms with Crippen molar-refractivity contribution in [3.05, 3.63) is 6.07 Å². The lowest BCUT2D eigenvalue weighted by Crippen LogP contribution is -2.26. The van der Waals surface area contributed by atoms with Gasteiger partial charge in [0, 0.05) is 19.2 Å². The van der Waals surface area contributed by atoms with Crippen LogP contribution < -0.4 is 10.6 Å². The highest BCUT2D eigenvalue weighted by Crippen LogP contribution is 2.24. The van der Waals surface area contributed by atoms with Crippen LogP contribution in [-0.4, -0.2) is 17.5 Å². The Balaban J connectivity index is 2.58. The minimum Gasteiger partial charge on any atom is -0.383 e. The molecule has 0 radical (unpaired) electrons. The van der Waals surface area contributed by atoms with Gasteiger partial charge < -0.3 is 10.6 Å². The van der Waals surface area contributed by atoms with E-state index in [1.165, 1.54) is 29.4 Å². The molecule has 2 N–H and O–H groups in total. The maximum Gasteiger partial charge on any atom is 0.139 e. The van der Waals surface area contributed by atoms with E-state index in [4.69, 9.17) is 5.73 Å². The van der Waals surface area contributed by atoms with E-state index in [0.29, 0.717) is 5.82 Å². The molecular formula is C13H25N3S. The molecule has 1 rings (SSSR count). The van der Waals surface area contributed by atoms with E-state index in [1.54, 1.807) is 0 Å². The lowest BCUT2D eigenvalue weighted by atomic mass is 10.1. The number of anilines is 2. The molecule has 1 aromatic heterocycles. The summed E-state index contributed by atoms with van der Waals surface area (Å²) in [5.74, 6) is 2.12. The van der Waals surface area contributed by atoms with Gasteiger partial charge in [-0.15, -0.1) is 0 Å². The number of nitrogens with zero attached hydrogens (tertiary/aromatic N) is 2. The third-order valence-corrected chi connectivity index (χ3v) is 3.65. The first-order valence-electron chi connectivity index (χ1n) is 6.46. The van der Waals surface area contributed by atoms with Crippen LogP contribution >= 0.6 is 11.5 Å². The second kappa shape index (κ2) is 6.84. The SMILES string of the molecule is CC(C)CCN(CCC(C)C)c1cc(N)ns1. The molecule has 0 saturated carbocycles. The fourth-order valence-corrected chi connectivity index (χ4v) is 2.31. The van der Waals surface area contributed by atoms with E-state index >= 15 is 0 Å². The first-order chi connectivity index (χ1) is 7.99. The third kappa shape index (κ3) is 5.39.